The van der Waals surface area contributed by atoms with E-state index in [1.165, 1.54) is 17.0 Å². The van der Waals surface area contributed by atoms with Gasteiger partial charge in [0.15, 0.2) is 0 Å². The fraction of sp³-hybridized carbons (Fsp3) is 0.464. The van der Waals surface area contributed by atoms with E-state index in [2.05, 4.69) is 5.32 Å². The van der Waals surface area contributed by atoms with Crippen LogP contribution in [0.5, 0.6) is 0 Å². The van der Waals surface area contributed by atoms with E-state index in [0.717, 1.165) is 18.4 Å². The van der Waals surface area contributed by atoms with Gasteiger partial charge >= 0.3 is 12.1 Å². The largest absolute Gasteiger partial charge is 0.445 e. The standard InChI is InChI=1S/C28H32F2N4O3/c1-19-17-28(14-15-33(19)27(36)37-18-20-8-3-2-4-9-20)25(31-24-13-6-5-12-23(24)30)32-26(35)34(28)22-11-7-10-21(29)16-22/h2-4,7-11,16,19,23-24H,5-6,12-15,17-18H2,1H3,(H,31,32,35)/t19-,23-,24-,28+/m0/s1. The molecule has 3 aliphatic rings. The number of halogens is 2. The highest BCUT2D eigenvalue weighted by molar-refractivity contribution is 6.19. The number of hydrogen-bond acceptors (Lipinski definition) is 4. The van der Waals surface area contributed by atoms with Gasteiger partial charge in [-0.3, -0.25) is 15.2 Å². The molecule has 1 spiro atoms. The number of aliphatic imine (C=N–C) groups is 1. The Hall–Kier alpha value is -3.49. The molecule has 0 unspecified atom stereocenters. The molecule has 0 radical (unpaired) electrons. The molecule has 3 amide bonds. The van der Waals surface area contributed by atoms with Crippen LogP contribution in [0.15, 0.2) is 59.6 Å². The monoisotopic (exact) mass is 510 g/mol. The number of likely N-dealkylation sites (tertiary alicyclic amines) is 1. The minimum atomic E-state index is -1.07. The van der Waals surface area contributed by atoms with Crippen molar-refractivity contribution < 1.29 is 23.1 Å². The number of alkyl halides is 1. The molecular formula is C28H32F2N4O3. The van der Waals surface area contributed by atoms with Gasteiger partial charge in [-0.05, 0) is 56.4 Å². The Bertz CT molecular complexity index is 1180. The zero-order valence-corrected chi connectivity index (χ0v) is 20.9. The van der Waals surface area contributed by atoms with Gasteiger partial charge in [0.25, 0.3) is 0 Å². The third kappa shape index (κ3) is 5.04. The summed E-state index contributed by atoms with van der Waals surface area (Å²) < 4.78 is 34.5. The highest BCUT2D eigenvalue weighted by Crippen LogP contribution is 2.41. The number of amidine groups is 1. The molecule has 2 saturated heterocycles. The maximum absolute atomic E-state index is 14.7. The number of carbonyl (C=O) groups is 2. The molecule has 5 rings (SSSR count). The third-order valence-corrected chi connectivity index (χ3v) is 7.68. The van der Waals surface area contributed by atoms with Crippen molar-refractivity contribution in [1.29, 1.82) is 0 Å². The normalized spacial score (nSPS) is 29.0. The van der Waals surface area contributed by atoms with Crippen LogP contribution in [0, 0.1) is 5.82 Å². The molecule has 4 atom stereocenters. The van der Waals surface area contributed by atoms with Gasteiger partial charge in [0.1, 0.15) is 30.0 Å². The lowest BCUT2D eigenvalue weighted by Gasteiger charge is -2.46. The molecular weight excluding hydrogens is 478 g/mol. The number of nitrogens with one attached hydrogen (secondary N) is 1. The van der Waals surface area contributed by atoms with Crippen LogP contribution < -0.4 is 10.2 Å². The number of ether oxygens (including phenoxy) is 1. The second kappa shape index (κ2) is 10.5. The van der Waals surface area contributed by atoms with Crippen molar-refractivity contribution in [2.24, 2.45) is 4.99 Å². The summed E-state index contributed by atoms with van der Waals surface area (Å²) in [6.45, 7) is 2.36. The quantitative estimate of drug-likeness (QED) is 0.582. The van der Waals surface area contributed by atoms with Crippen LogP contribution >= 0.6 is 0 Å². The van der Waals surface area contributed by atoms with Crippen LogP contribution in [0.2, 0.25) is 0 Å². The minimum absolute atomic E-state index is 0.162. The average Bonchev–Trinajstić information content (AvgIpc) is 3.14. The molecule has 9 heteroatoms. The molecule has 3 fully saturated rings. The van der Waals surface area contributed by atoms with E-state index in [-0.39, 0.29) is 12.6 Å². The van der Waals surface area contributed by atoms with Crippen LogP contribution in [0.1, 0.15) is 51.0 Å². The molecule has 2 aromatic carbocycles. The molecule has 2 aliphatic heterocycles. The van der Waals surface area contributed by atoms with Crippen molar-refractivity contribution in [3.05, 3.63) is 66.0 Å². The van der Waals surface area contributed by atoms with Gasteiger partial charge in [-0.2, -0.15) is 0 Å². The van der Waals surface area contributed by atoms with Crippen molar-refractivity contribution in [3.8, 4) is 0 Å². The van der Waals surface area contributed by atoms with Crippen LogP contribution in [-0.2, 0) is 11.3 Å². The molecule has 196 valence electrons. The topological polar surface area (TPSA) is 74.2 Å². The molecule has 37 heavy (non-hydrogen) atoms. The van der Waals surface area contributed by atoms with Crippen LogP contribution in [0.3, 0.4) is 0 Å². The lowest BCUT2D eigenvalue weighted by Crippen LogP contribution is -2.60. The van der Waals surface area contributed by atoms with Crippen molar-refractivity contribution >= 4 is 23.6 Å². The van der Waals surface area contributed by atoms with Gasteiger partial charge in [0.2, 0.25) is 0 Å². The van der Waals surface area contributed by atoms with E-state index in [9.17, 15) is 18.4 Å². The van der Waals surface area contributed by atoms with Crippen molar-refractivity contribution in [2.75, 3.05) is 11.4 Å². The molecule has 1 aliphatic carbocycles. The SMILES string of the molecule is C[C@H]1C[C@]2(CCN1C(=O)OCc1ccccc1)C(=N[C@H]1CCCC[C@@H]1F)NC(=O)N2c1cccc(F)c1. The van der Waals surface area contributed by atoms with Crippen molar-refractivity contribution in [1.82, 2.24) is 10.2 Å². The smallest absolute Gasteiger partial charge is 0.410 e. The zero-order valence-electron chi connectivity index (χ0n) is 20.9. The Kier molecular flexibility index (Phi) is 7.13. The minimum Gasteiger partial charge on any atom is -0.445 e. The van der Waals surface area contributed by atoms with Gasteiger partial charge in [0.05, 0.1) is 6.04 Å². The number of carbonyl (C=O) groups excluding carboxylic acids is 2. The number of anilines is 1. The fourth-order valence-corrected chi connectivity index (χ4v) is 5.80. The molecule has 2 heterocycles. The van der Waals surface area contributed by atoms with Crippen LogP contribution in [-0.4, -0.2) is 53.2 Å². The number of piperidine rings is 1. The molecule has 0 bridgehead atoms. The Balaban J connectivity index is 1.42. The average molecular weight is 511 g/mol. The number of urea groups is 1. The molecule has 0 aromatic heterocycles. The van der Waals surface area contributed by atoms with Crippen LogP contribution in [0.4, 0.5) is 24.1 Å². The number of nitrogens with zero attached hydrogens (tertiary/aromatic N) is 3. The maximum atomic E-state index is 14.7. The second-order valence-electron chi connectivity index (χ2n) is 10.2. The summed E-state index contributed by atoms with van der Waals surface area (Å²) in [5, 5.41) is 2.87. The van der Waals surface area contributed by atoms with Crippen LogP contribution in [0.25, 0.3) is 0 Å². The maximum Gasteiger partial charge on any atom is 0.410 e. The van der Waals surface area contributed by atoms with Crippen molar-refractivity contribution in [2.45, 2.75) is 75.8 Å². The number of benzene rings is 2. The first-order chi connectivity index (χ1) is 17.9. The van der Waals surface area contributed by atoms with Crippen molar-refractivity contribution in [3.63, 3.8) is 0 Å². The van der Waals surface area contributed by atoms with E-state index in [4.69, 9.17) is 9.73 Å². The summed E-state index contributed by atoms with van der Waals surface area (Å²) in [6.07, 6.45) is 1.98. The van der Waals surface area contributed by atoms with Gasteiger partial charge < -0.3 is 9.64 Å². The van der Waals surface area contributed by atoms with Gasteiger partial charge in [-0.15, -0.1) is 0 Å². The molecule has 1 N–H and O–H groups in total. The Labute approximate surface area is 215 Å². The Morgan fingerprint density at radius 2 is 1.95 bits per heavy atom. The second-order valence-corrected chi connectivity index (χ2v) is 10.2. The van der Waals surface area contributed by atoms with Gasteiger partial charge in [-0.1, -0.05) is 49.2 Å². The number of amides is 3. The van der Waals surface area contributed by atoms with E-state index in [1.807, 2.05) is 37.3 Å². The van der Waals surface area contributed by atoms with E-state index >= 15 is 0 Å². The summed E-state index contributed by atoms with van der Waals surface area (Å²) >= 11 is 0. The number of hydrogen-bond donors (Lipinski definition) is 1. The summed E-state index contributed by atoms with van der Waals surface area (Å²) in [5.41, 5.74) is 0.343. The summed E-state index contributed by atoms with van der Waals surface area (Å²) in [4.78, 5) is 34.2. The van der Waals surface area contributed by atoms with E-state index < -0.39 is 35.7 Å². The van der Waals surface area contributed by atoms with E-state index in [0.29, 0.717) is 43.8 Å². The van der Waals surface area contributed by atoms with Gasteiger partial charge in [0, 0.05) is 18.3 Å². The summed E-state index contributed by atoms with van der Waals surface area (Å²) in [5.74, 6) is -0.0580. The van der Waals surface area contributed by atoms with Gasteiger partial charge in [-0.25, -0.2) is 18.4 Å². The first-order valence-corrected chi connectivity index (χ1v) is 12.9. The van der Waals surface area contributed by atoms with E-state index in [1.54, 1.807) is 17.0 Å². The lowest BCUT2D eigenvalue weighted by molar-refractivity contribution is 0.0645. The number of rotatable bonds is 4. The lowest BCUT2D eigenvalue weighted by atomic mass is 9.81. The molecule has 2 aromatic rings. The third-order valence-electron chi connectivity index (χ3n) is 7.68. The molecule has 1 saturated carbocycles. The highest BCUT2D eigenvalue weighted by Gasteiger charge is 2.55. The Morgan fingerprint density at radius 3 is 2.68 bits per heavy atom. The Morgan fingerprint density at radius 1 is 1.16 bits per heavy atom. The highest BCUT2D eigenvalue weighted by atomic mass is 19.1. The zero-order chi connectivity index (χ0) is 26.0. The predicted octanol–water partition coefficient (Wildman–Crippen LogP) is 5.59. The summed E-state index contributed by atoms with van der Waals surface area (Å²) in [6, 6.07) is 14.1. The first kappa shape index (κ1) is 25.2. The predicted molar refractivity (Wildman–Crippen MR) is 137 cm³/mol. The first-order valence-electron chi connectivity index (χ1n) is 12.9. The molecule has 7 nitrogen and oxygen atoms in total. The fourth-order valence-electron chi connectivity index (χ4n) is 5.80. The summed E-state index contributed by atoms with van der Waals surface area (Å²) in [7, 11) is 0.